The molecule has 4 rings (SSSR count). The molecule has 0 amide bonds. The number of rotatable bonds is 8. The summed E-state index contributed by atoms with van der Waals surface area (Å²) in [6, 6.07) is 8.77. The molecule has 0 atom stereocenters. The summed E-state index contributed by atoms with van der Waals surface area (Å²) in [5.74, 6) is 1.46. The fourth-order valence-electron chi connectivity index (χ4n) is 5.83. The zero-order valence-corrected chi connectivity index (χ0v) is 28.0. The van der Waals surface area contributed by atoms with E-state index in [0.717, 1.165) is 18.8 Å². The van der Waals surface area contributed by atoms with E-state index in [9.17, 15) is 10.5 Å². The van der Waals surface area contributed by atoms with Crippen LogP contribution in [0.3, 0.4) is 0 Å². The van der Waals surface area contributed by atoms with Gasteiger partial charge in [-0.3, -0.25) is 0 Å². The maximum atomic E-state index is 9.30. The number of anilines is 1. The van der Waals surface area contributed by atoms with Gasteiger partial charge in [-0.2, -0.15) is 10.5 Å². The maximum Gasteiger partial charge on any atom is 0.137 e. The Hall–Kier alpha value is -4.54. The van der Waals surface area contributed by atoms with Crippen molar-refractivity contribution in [2.75, 3.05) is 18.0 Å². The van der Waals surface area contributed by atoms with Crippen LogP contribution >= 0.6 is 0 Å². The Morgan fingerprint density at radius 1 is 0.800 bits per heavy atom. The molecule has 232 valence electrons. The van der Waals surface area contributed by atoms with E-state index in [0.29, 0.717) is 17.8 Å². The number of ether oxygens (including phenoxy) is 1. The number of nitrogens with zero attached hydrogens (tertiary/aromatic N) is 3. The highest BCUT2D eigenvalue weighted by molar-refractivity contribution is 5.72. The van der Waals surface area contributed by atoms with Gasteiger partial charge in [0.1, 0.15) is 29.2 Å². The molecule has 3 heterocycles. The van der Waals surface area contributed by atoms with Crippen LogP contribution in [-0.2, 0) is 15.6 Å². The van der Waals surface area contributed by atoms with E-state index in [1.807, 2.05) is 87.6 Å². The van der Waals surface area contributed by atoms with Crippen molar-refractivity contribution in [3.05, 3.63) is 130 Å². The van der Waals surface area contributed by atoms with Gasteiger partial charge in [-0.05, 0) is 64.6 Å². The van der Waals surface area contributed by atoms with Gasteiger partial charge in [0, 0.05) is 36.2 Å². The summed E-state index contributed by atoms with van der Waals surface area (Å²) in [5.41, 5.74) is 6.63. The number of hydrogen-bond acceptors (Lipinski definition) is 4. The molecule has 1 aromatic rings. The van der Waals surface area contributed by atoms with Crippen molar-refractivity contribution in [1.29, 1.82) is 10.5 Å². The molecule has 0 saturated carbocycles. The highest BCUT2D eigenvalue weighted by atomic mass is 16.5. The van der Waals surface area contributed by atoms with Gasteiger partial charge >= 0.3 is 0 Å². The lowest BCUT2D eigenvalue weighted by atomic mass is 9.69. The van der Waals surface area contributed by atoms with Gasteiger partial charge in [0.25, 0.3) is 0 Å². The molecule has 4 heteroatoms. The Labute approximate surface area is 271 Å². The van der Waals surface area contributed by atoms with Crippen molar-refractivity contribution in [3.63, 3.8) is 0 Å². The van der Waals surface area contributed by atoms with Gasteiger partial charge in [0.15, 0.2) is 0 Å². The molecule has 4 nitrogen and oxygen atoms in total. The zero-order valence-electron chi connectivity index (χ0n) is 28.0. The zero-order chi connectivity index (χ0) is 32.7. The summed E-state index contributed by atoms with van der Waals surface area (Å²) in [5, 5.41) is 18.6. The lowest BCUT2D eigenvalue weighted by Crippen LogP contribution is -2.44. The van der Waals surface area contributed by atoms with E-state index in [4.69, 9.17) is 4.74 Å². The normalized spacial score (nSPS) is 19.3. The fourth-order valence-corrected chi connectivity index (χ4v) is 5.83. The van der Waals surface area contributed by atoms with E-state index in [1.54, 1.807) is 12.2 Å². The third-order valence-corrected chi connectivity index (χ3v) is 8.76. The van der Waals surface area contributed by atoms with Crippen LogP contribution < -0.4 is 4.90 Å². The van der Waals surface area contributed by atoms with E-state index in [-0.39, 0.29) is 21.8 Å². The van der Waals surface area contributed by atoms with Crippen molar-refractivity contribution in [2.45, 2.75) is 78.6 Å². The minimum Gasteiger partial charge on any atom is -0.465 e. The van der Waals surface area contributed by atoms with Crippen molar-refractivity contribution in [3.8, 4) is 12.1 Å². The van der Waals surface area contributed by atoms with Gasteiger partial charge in [-0.25, -0.2) is 0 Å². The third kappa shape index (κ3) is 8.34. The number of allylic oxidation sites excluding steroid dienone is 16. The Bertz CT molecular complexity index is 1590. The van der Waals surface area contributed by atoms with Crippen LogP contribution in [0.4, 0.5) is 5.69 Å². The molecular formula is C41H47N3O. The summed E-state index contributed by atoms with van der Waals surface area (Å²) in [6.45, 7) is 18.0. The molecule has 0 spiro atoms. The molecule has 3 aliphatic rings. The lowest BCUT2D eigenvalue weighted by molar-refractivity contribution is 0.209. The summed E-state index contributed by atoms with van der Waals surface area (Å²) in [4.78, 5) is 2.61. The largest absolute Gasteiger partial charge is 0.465 e. The number of nitriles is 2. The average Bonchev–Trinajstić information content (AvgIpc) is 2.98. The van der Waals surface area contributed by atoms with Gasteiger partial charge in [0.05, 0.1) is 0 Å². The topological polar surface area (TPSA) is 60.0 Å². The number of benzene rings is 1. The maximum absolute atomic E-state index is 9.30. The first-order valence-corrected chi connectivity index (χ1v) is 15.9. The van der Waals surface area contributed by atoms with E-state index in [1.165, 1.54) is 35.2 Å². The van der Waals surface area contributed by atoms with Crippen molar-refractivity contribution in [1.82, 2.24) is 0 Å². The highest BCUT2D eigenvalue weighted by Crippen LogP contribution is 2.49. The monoisotopic (exact) mass is 597 g/mol. The predicted molar refractivity (Wildman–Crippen MR) is 188 cm³/mol. The average molecular weight is 598 g/mol. The summed E-state index contributed by atoms with van der Waals surface area (Å²) in [7, 11) is 0. The molecule has 0 bridgehead atoms. The van der Waals surface area contributed by atoms with Crippen LogP contribution in [0.2, 0.25) is 0 Å². The Balaban J connectivity index is 1.30. The van der Waals surface area contributed by atoms with Crippen LogP contribution in [-0.4, -0.2) is 13.1 Å². The second kappa shape index (κ2) is 14.0. The van der Waals surface area contributed by atoms with Gasteiger partial charge in [-0.1, -0.05) is 121 Å². The third-order valence-electron chi connectivity index (χ3n) is 8.76. The summed E-state index contributed by atoms with van der Waals surface area (Å²) >= 11 is 0. The molecular weight excluding hydrogens is 550 g/mol. The van der Waals surface area contributed by atoms with Crippen LogP contribution in [0, 0.1) is 28.1 Å². The summed E-state index contributed by atoms with van der Waals surface area (Å²) < 4.78 is 6.06. The molecule has 0 N–H and O–H groups in total. The molecule has 45 heavy (non-hydrogen) atoms. The molecule has 0 aromatic heterocycles. The van der Waals surface area contributed by atoms with Crippen molar-refractivity contribution in [2.24, 2.45) is 5.41 Å². The minimum atomic E-state index is -0.233. The van der Waals surface area contributed by atoms with Crippen molar-refractivity contribution >= 4 is 11.8 Å². The van der Waals surface area contributed by atoms with Crippen LogP contribution in [0.1, 0.15) is 84.4 Å². The standard InChI is InChI=1S/C41H47N3O/c1-39(2,3)37-28-32(33(29-42)30-43)27-34(45-37)20-18-16-14-12-10-8-9-11-13-15-17-19-31-25-35-38-36(26-31)41(6,7)22-24-44(38)23-21-40(35,4)5/h8-19,25-28H,20-24H2,1-7H3/b10-8+,11-9+,14-12+,15-13+,18-16+,19-17+. The molecule has 0 unspecified atom stereocenters. The Morgan fingerprint density at radius 2 is 1.31 bits per heavy atom. The smallest absolute Gasteiger partial charge is 0.137 e. The first-order chi connectivity index (χ1) is 21.4. The molecule has 0 fully saturated rings. The second-order valence-electron chi connectivity index (χ2n) is 14.3. The van der Waals surface area contributed by atoms with E-state index < -0.39 is 0 Å². The second-order valence-corrected chi connectivity index (χ2v) is 14.3. The van der Waals surface area contributed by atoms with E-state index in [2.05, 4.69) is 63.0 Å². The van der Waals surface area contributed by atoms with Gasteiger partial charge in [0.2, 0.25) is 0 Å². The quantitative estimate of drug-likeness (QED) is 0.221. The lowest BCUT2D eigenvalue weighted by Gasteiger charge is -2.48. The first-order valence-electron chi connectivity index (χ1n) is 15.9. The Morgan fingerprint density at radius 3 is 1.82 bits per heavy atom. The van der Waals surface area contributed by atoms with Crippen LogP contribution in [0.15, 0.2) is 114 Å². The number of hydrogen-bond donors (Lipinski definition) is 0. The minimum absolute atomic E-state index is 0.0917. The van der Waals surface area contributed by atoms with Crippen LogP contribution in [0.25, 0.3) is 6.08 Å². The molecule has 0 saturated heterocycles. The molecule has 0 radical (unpaired) electrons. The van der Waals surface area contributed by atoms with Gasteiger partial charge in [-0.15, -0.1) is 0 Å². The SMILES string of the molecule is CC(C)(C)C1=CC(=C(C#N)C#N)C=C(C/C=C/C=C/C=C/C=C/C=C/C=C/c2cc3c4c(c2)C(C)(C)CCN4CCC3(C)C)O1. The summed E-state index contributed by atoms with van der Waals surface area (Å²) in [6.07, 6.45) is 30.9. The highest BCUT2D eigenvalue weighted by Gasteiger charge is 2.39. The Kier molecular flexibility index (Phi) is 10.4. The fraction of sp³-hybridized carbons (Fsp3) is 0.366. The van der Waals surface area contributed by atoms with Gasteiger partial charge < -0.3 is 9.64 Å². The molecule has 3 aliphatic heterocycles. The van der Waals surface area contributed by atoms with E-state index >= 15 is 0 Å². The van der Waals surface area contributed by atoms with Crippen molar-refractivity contribution < 1.29 is 4.74 Å². The predicted octanol–water partition coefficient (Wildman–Crippen LogP) is 10.2. The molecule has 0 aliphatic carbocycles. The molecule has 1 aromatic carbocycles. The first kappa shape index (κ1) is 33.4. The van der Waals surface area contributed by atoms with Crippen LogP contribution in [0.5, 0.6) is 0 Å².